The van der Waals surface area contributed by atoms with Crippen LogP contribution in [0.5, 0.6) is 0 Å². The van der Waals surface area contributed by atoms with Crippen molar-refractivity contribution >= 4 is 111 Å². The minimum absolute atomic E-state index is 0.534. The molecule has 9 rings (SSSR count). The molecule has 0 spiro atoms. The number of nitrogens with zero attached hydrogens (tertiary/aromatic N) is 4. The minimum Gasteiger partial charge on any atom is -0.324 e. The van der Waals surface area contributed by atoms with Gasteiger partial charge in [-0.05, 0) is 5.19 Å². The zero-order chi connectivity index (χ0) is 29.6. The van der Waals surface area contributed by atoms with Gasteiger partial charge in [0.25, 0.3) is 0 Å². The third-order valence-corrected chi connectivity index (χ3v) is 10.9. The van der Waals surface area contributed by atoms with Crippen molar-refractivity contribution in [3.63, 3.8) is 0 Å². The highest BCUT2D eigenvalue weighted by molar-refractivity contribution is 7.69. The highest BCUT2D eigenvalue weighted by Gasteiger charge is 2.32. The van der Waals surface area contributed by atoms with Gasteiger partial charge in [0, 0.05) is 43.1 Å². The first-order chi connectivity index (χ1) is 21.4. The van der Waals surface area contributed by atoms with Crippen LogP contribution >= 0.6 is 33.2 Å². The molecule has 8 bridgehead atoms. The molecule has 4 N–H and O–H groups in total. The first-order valence-corrected chi connectivity index (χ1v) is 18.9. The van der Waals surface area contributed by atoms with E-state index >= 15 is 0 Å². The van der Waals surface area contributed by atoms with Crippen LogP contribution < -0.4 is 27.1 Å². The molecule has 212 valence electrons. The number of hydrogen-bond donors (Lipinski definition) is 4. The van der Waals surface area contributed by atoms with Gasteiger partial charge in [-0.1, -0.05) is 91.0 Å². The Hall–Kier alpha value is -4.67. The quantitative estimate of drug-likeness (QED) is 0.114. The molecule has 0 radical (unpaired) electrons. The van der Waals surface area contributed by atoms with Crippen molar-refractivity contribution in [3.05, 3.63) is 113 Å². The topological polar surface area (TPSA) is 113 Å². The fraction of sp³-hybridized carbons (Fsp3) is 0. The van der Waals surface area contributed by atoms with Crippen LogP contribution in [0.3, 0.4) is 0 Å². The first-order valence-electron chi connectivity index (χ1n) is 13.8. The van der Waals surface area contributed by atoms with Gasteiger partial charge in [-0.3, -0.25) is 0 Å². The molecule has 8 nitrogen and oxygen atoms in total. The Morgan fingerprint density at radius 1 is 0.386 bits per heavy atom. The molecule has 0 atom stereocenters. The van der Waals surface area contributed by atoms with Crippen LogP contribution in [-0.2, 0) is 0 Å². The van der Waals surface area contributed by atoms with Gasteiger partial charge < -0.3 is 19.9 Å². The Morgan fingerprint density at radius 3 is 1.20 bits per heavy atom. The second kappa shape index (κ2) is 9.41. The Bertz CT molecular complexity index is 2720. The number of H-pyrrole nitrogens is 4. The van der Waals surface area contributed by atoms with Gasteiger partial charge in [-0.2, -0.15) is 0 Å². The number of rotatable bonds is 1. The minimum atomic E-state index is -3.34. The van der Waals surface area contributed by atoms with Crippen LogP contribution in [-0.4, -0.2) is 25.9 Å². The standard InChI is InChI=1S/C32H19Cl3N8Si/c33-44(34,35)23-15-7-14-22-24(23)32-42-30-21-13-6-5-12-20(21)28(40-30)38-26-17-9-2-1-8-16(17)25(36-26)37-27-18-10-3-4-11-19(18)29(39-27)41-31(22)43-32/h1-15H,(H4,36,37,38,39,40,41,42,43). The largest absolute Gasteiger partial charge is 0.373 e. The lowest BCUT2D eigenvalue weighted by atomic mass is 10.2. The third kappa shape index (κ3) is 3.90. The van der Waals surface area contributed by atoms with E-state index in [9.17, 15) is 0 Å². The number of aromatic nitrogens is 4. The summed E-state index contributed by atoms with van der Waals surface area (Å²) in [6.45, 7) is 0. The van der Waals surface area contributed by atoms with E-state index in [0.29, 0.717) is 50.4 Å². The van der Waals surface area contributed by atoms with Crippen LogP contribution in [0.4, 0.5) is 23.3 Å². The molecule has 0 unspecified atom stereocenters. The summed E-state index contributed by atoms with van der Waals surface area (Å²) in [5, 5.41) is 7.73. The van der Waals surface area contributed by atoms with Crippen molar-refractivity contribution in [3.8, 4) is 0 Å². The molecule has 1 aliphatic heterocycles. The van der Waals surface area contributed by atoms with Crippen molar-refractivity contribution in [1.82, 2.24) is 19.9 Å². The predicted octanol–water partition coefficient (Wildman–Crippen LogP) is 6.59. The summed E-state index contributed by atoms with van der Waals surface area (Å²) in [4.78, 5) is 34.2. The molecule has 8 aromatic rings. The van der Waals surface area contributed by atoms with E-state index in [4.69, 9.17) is 53.2 Å². The maximum Gasteiger partial charge on any atom is 0.373 e. The lowest BCUT2D eigenvalue weighted by Gasteiger charge is -2.10. The van der Waals surface area contributed by atoms with Crippen molar-refractivity contribution < 1.29 is 0 Å². The van der Waals surface area contributed by atoms with Crippen molar-refractivity contribution in [2.24, 2.45) is 20.0 Å². The number of nitrogens with one attached hydrogen (secondary N) is 4. The maximum absolute atomic E-state index is 6.64. The molecular weight excluding hydrogens is 631 g/mol. The zero-order valence-corrected chi connectivity index (χ0v) is 25.9. The number of benzene rings is 4. The van der Waals surface area contributed by atoms with Crippen molar-refractivity contribution in [2.75, 3.05) is 0 Å². The smallest absolute Gasteiger partial charge is 0.324 e. The molecule has 44 heavy (non-hydrogen) atoms. The molecule has 0 amide bonds. The summed E-state index contributed by atoms with van der Waals surface area (Å²) >= 11 is 19.9. The monoisotopic (exact) mass is 648 g/mol. The molecule has 1 aliphatic rings. The molecule has 4 aromatic carbocycles. The van der Waals surface area contributed by atoms with Gasteiger partial charge in [0.15, 0.2) is 0 Å². The average molecular weight is 650 g/mol. The SMILES string of the molecule is Cl[Si](Cl)(Cl)c1cccc2c3[nH]c(c12)N=c1[nH]c(c2ccccc12)=Nc1[nH]c(c2ccccc12)N=c1[nH]c(c2ccccc12)=N3. The lowest BCUT2D eigenvalue weighted by Crippen LogP contribution is -2.30. The normalized spacial score (nSPS) is 13.2. The third-order valence-electron chi connectivity index (χ3n) is 8.02. The summed E-state index contributed by atoms with van der Waals surface area (Å²) in [6, 6.07) is 26.4. The van der Waals surface area contributed by atoms with Crippen LogP contribution in [0.15, 0.2) is 111 Å². The Balaban J connectivity index is 1.51. The lowest BCUT2D eigenvalue weighted by molar-refractivity contribution is 1.08. The van der Waals surface area contributed by atoms with E-state index in [1.807, 2.05) is 91.0 Å². The molecule has 0 saturated carbocycles. The van der Waals surface area contributed by atoms with E-state index in [1.54, 1.807) is 0 Å². The van der Waals surface area contributed by atoms with Gasteiger partial charge in [-0.25, -0.2) is 20.0 Å². The molecule has 12 heteroatoms. The van der Waals surface area contributed by atoms with Gasteiger partial charge >= 0.3 is 6.00 Å². The molecule has 0 saturated heterocycles. The van der Waals surface area contributed by atoms with E-state index in [1.165, 1.54) is 0 Å². The summed E-state index contributed by atoms with van der Waals surface area (Å²) in [6.07, 6.45) is 0. The van der Waals surface area contributed by atoms with Gasteiger partial charge in [0.1, 0.15) is 45.2 Å². The Labute approximate surface area is 262 Å². The summed E-state index contributed by atoms with van der Waals surface area (Å²) in [7, 11) is 0. The molecule has 5 heterocycles. The second-order valence-electron chi connectivity index (χ2n) is 10.6. The van der Waals surface area contributed by atoms with E-state index in [2.05, 4.69) is 19.9 Å². The Morgan fingerprint density at radius 2 is 0.750 bits per heavy atom. The Kier molecular flexibility index (Phi) is 5.52. The molecule has 0 aliphatic carbocycles. The molecule has 0 fully saturated rings. The van der Waals surface area contributed by atoms with Crippen LogP contribution in [0, 0.1) is 0 Å². The van der Waals surface area contributed by atoms with E-state index in [-0.39, 0.29) is 0 Å². The predicted molar refractivity (Wildman–Crippen MR) is 179 cm³/mol. The van der Waals surface area contributed by atoms with E-state index < -0.39 is 6.00 Å². The number of halogens is 3. The highest BCUT2D eigenvalue weighted by Crippen LogP contribution is 2.36. The van der Waals surface area contributed by atoms with Gasteiger partial charge in [0.05, 0.1) is 0 Å². The van der Waals surface area contributed by atoms with Gasteiger partial charge in [-0.15, -0.1) is 33.2 Å². The zero-order valence-electron chi connectivity index (χ0n) is 22.6. The van der Waals surface area contributed by atoms with Gasteiger partial charge in [0.2, 0.25) is 0 Å². The number of aromatic amines is 4. The summed E-state index contributed by atoms with van der Waals surface area (Å²) in [5.74, 6) is 2.49. The first kappa shape index (κ1) is 25.8. The fourth-order valence-electron chi connectivity index (χ4n) is 6.06. The van der Waals surface area contributed by atoms with Crippen LogP contribution in [0.25, 0.3) is 43.1 Å². The maximum atomic E-state index is 6.64. The van der Waals surface area contributed by atoms with Crippen molar-refractivity contribution in [1.29, 1.82) is 0 Å². The average Bonchev–Trinajstić information content (AvgIpc) is 3.76. The van der Waals surface area contributed by atoms with Crippen LogP contribution in [0.1, 0.15) is 0 Å². The summed E-state index contributed by atoms with van der Waals surface area (Å²) < 4.78 is 0. The summed E-state index contributed by atoms with van der Waals surface area (Å²) in [5.41, 5.74) is 2.60. The fourth-order valence-corrected chi connectivity index (χ4v) is 8.30. The molecular formula is C32H19Cl3N8Si. The van der Waals surface area contributed by atoms with E-state index in [0.717, 1.165) is 43.1 Å². The van der Waals surface area contributed by atoms with Crippen LogP contribution in [0.2, 0.25) is 0 Å². The highest BCUT2D eigenvalue weighted by atomic mass is 35.8. The molecule has 4 aromatic heterocycles. The second-order valence-corrected chi connectivity index (χ2v) is 19.0. The number of fused-ring (bicyclic) bond motifs is 20. The van der Waals surface area contributed by atoms with Crippen molar-refractivity contribution in [2.45, 2.75) is 0 Å². The number of hydrogen-bond acceptors (Lipinski definition) is 4.